The summed E-state index contributed by atoms with van der Waals surface area (Å²) in [5.74, 6) is 2.49. The van der Waals surface area contributed by atoms with Gasteiger partial charge in [0.15, 0.2) is 0 Å². The van der Waals surface area contributed by atoms with Gasteiger partial charge in [0.25, 0.3) is 0 Å². The van der Waals surface area contributed by atoms with Gasteiger partial charge in [-0.05, 0) is 29.1 Å². The third-order valence-corrected chi connectivity index (χ3v) is 4.02. The van der Waals surface area contributed by atoms with Crippen LogP contribution >= 0.6 is 0 Å². The summed E-state index contributed by atoms with van der Waals surface area (Å²) in [5.41, 5.74) is 1.94. The third-order valence-electron chi connectivity index (χ3n) is 4.02. The van der Waals surface area contributed by atoms with Crippen LogP contribution < -0.4 is 0 Å². The van der Waals surface area contributed by atoms with Crippen LogP contribution in [-0.2, 0) is 0 Å². The summed E-state index contributed by atoms with van der Waals surface area (Å²) in [6.07, 6.45) is 2.96. The highest BCUT2D eigenvalue weighted by Gasteiger charge is 3.15. The highest BCUT2D eigenvalue weighted by molar-refractivity contribution is 5.61. The Morgan fingerprint density at radius 2 is 1.88 bits per heavy atom. The number of rotatable bonds is 2. The largest absolute Gasteiger partial charge is 0.0654 e. The van der Waals surface area contributed by atoms with E-state index in [-0.39, 0.29) is 0 Å². The Hall–Kier alpha value is 0. The first-order valence-corrected chi connectivity index (χ1v) is 3.80. The van der Waals surface area contributed by atoms with Crippen LogP contribution in [-0.4, -0.2) is 0 Å². The van der Waals surface area contributed by atoms with Gasteiger partial charge in [0.1, 0.15) is 0 Å². The molecule has 0 aromatic heterocycles. The second-order valence-electron chi connectivity index (χ2n) is 4.03. The average Bonchev–Trinajstić information content (AvgIpc) is 2.54. The maximum absolute atomic E-state index is 2.47. The summed E-state index contributed by atoms with van der Waals surface area (Å²) in [6.45, 7) is 4.78. The first kappa shape index (κ1) is 3.92. The number of hydrogen-bond donors (Lipinski definition) is 0. The SMILES string of the molecule is CCCC12[C@@H]3[C@H]1C32C. The lowest BCUT2D eigenvalue weighted by molar-refractivity contribution is 0.650. The molecule has 4 saturated carbocycles. The topological polar surface area (TPSA) is 0 Å². The Morgan fingerprint density at radius 3 is 2.00 bits per heavy atom. The fraction of sp³-hybridized carbons (Fsp3) is 1.00. The van der Waals surface area contributed by atoms with Crippen molar-refractivity contribution in [3.8, 4) is 0 Å². The van der Waals surface area contributed by atoms with Crippen molar-refractivity contribution in [2.24, 2.45) is 22.7 Å². The fourth-order valence-electron chi connectivity index (χ4n) is 3.23. The lowest BCUT2D eigenvalue weighted by atomic mass is 10.2. The zero-order valence-electron chi connectivity index (χ0n) is 5.57. The summed E-state index contributed by atoms with van der Waals surface area (Å²) in [5, 5.41) is 0. The Bertz CT molecular complexity index is 159. The zero-order chi connectivity index (χ0) is 5.57. The second kappa shape index (κ2) is 0.630. The maximum Gasteiger partial charge on any atom is -0.0164 e. The summed E-state index contributed by atoms with van der Waals surface area (Å²) < 4.78 is 0. The molecule has 4 aliphatic carbocycles. The molecule has 4 rings (SSSR count). The van der Waals surface area contributed by atoms with Gasteiger partial charge in [0, 0.05) is 0 Å². The van der Waals surface area contributed by atoms with Crippen molar-refractivity contribution in [1.82, 2.24) is 0 Å². The summed E-state index contributed by atoms with van der Waals surface area (Å²) in [7, 11) is 0. The van der Waals surface area contributed by atoms with Crippen molar-refractivity contribution in [2.45, 2.75) is 26.7 Å². The van der Waals surface area contributed by atoms with Gasteiger partial charge in [-0.1, -0.05) is 20.3 Å². The lowest BCUT2D eigenvalue weighted by Crippen LogP contribution is -1.74. The highest BCUT2D eigenvalue weighted by atomic mass is 15.2. The van der Waals surface area contributed by atoms with E-state index >= 15 is 0 Å². The fourth-order valence-corrected chi connectivity index (χ4v) is 3.23. The van der Waals surface area contributed by atoms with Crippen LogP contribution in [0.15, 0.2) is 0 Å². The normalized spacial score (nSPS) is 78.8. The van der Waals surface area contributed by atoms with Crippen LogP contribution in [0.5, 0.6) is 0 Å². The molecule has 4 aliphatic rings. The molecule has 0 aromatic carbocycles. The minimum atomic E-state index is 0.947. The van der Waals surface area contributed by atoms with Gasteiger partial charge >= 0.3 is 0 Å². The van der Waals surface area contributed by atoms with Crippen molar-refractivity contribution in [3.63, 3.8) is 0 Å². The van der Waals surface area contributed by atoms with Crippen LogP contribution in [0.3, 0.4) is 0 Å². The van der Waals surface area contributed by atoms with E-state index in [0.717, 1.165) is 10.8 Å². The summed E-state index contributed by atoms with van der Waals surface area (Å²) in [6, 6.07) is 0. The van der Waals surface area contributed by atoms with Crippen molar-refractivity contribution in [1.29, 1.82) is 0 Å². The molecule has 0 N–H and O–H groups in total. The van der Waals surface area contributed by atoms with E-state index in [1.165, 1.54) is 18.3 Å². The molecule has 0 heterocycles. The highest BCUT2D eigenvalue weighted by Crippen LogP contribution is 3.19. The predicted molar refractivity (Wildman–Crippen MR) is 32.4 cm³/mol. The minimum absolute atomic E-state index is 0.947. The van der Waals surface area contributed by atoms with E-state index < -0.39 is 0 Å². The smallest absolute Gasteiger partial charge is 0.0164 e. The Labute approximate surface area is 50.3 Å². The molecular weight excluding hydrogens is 96.1 g/mol. The molecule has 44 valence electrons. The predicted octanol–water partition coefficient (Wildman–Crippen LogP) is 2.05. The van der Waals surface area contributed by atoms with Gasteiger partial charge in [0.2, 0.25) is 0 Å². The molecule has 4 atom stereocenters. The quantitative estimate of drug-likeness (QED) is 0.508. The van der Waals surface area contributed by atoms with Gasteiger partial charge in [-0.3, -0.25) is 0 Å². The van der Waals surface area contributed by atoms with E-state index in [1.54, 1.807) is 6.42 Å². The van der Waals surface area contributed by atoms with Crippen molar-refractivity contribution in [3.05, 3.63) is 0 Å². The van der Waals surface area contributed by atoms with Crippen molar-refractivity contribution >= 4 is 0 Å². The van der Waals surface area contributed by atoms with Crippen LogP contribution in [0.1, 0.15) is 26.7 Å². The Kier molecular flexibility index (Phi) is 0.309. The molecule has 8 heavy (non-hydrogen) atoms. The maximum atomic E-state index is 2.47. The van der Waals surface area contributed by atoms with E-state index in [0.29, 0.717) is 0 Å². The molecule has 2 unspecified atom stereocenters. The third kappa shape index (κ3) is 0.138. The molecule has 0 radical (unpaired) electrons. The molecule has 0 saturated heterocycles. The Morgan fingerprint density at radius 1 is 1.38 bits per heavy atom. The molecule has 0 heteroatoms. The van der Waals surface area contributed by atoms with Crippen LogP contribution in [0.2, 0.25) is 0 Å². The van der Waals surface area contributed by atoms with E-state index in [2.05, 4.69) is 13.8 Å². The van der Waals surface area contributed by atoms with Crippen molar-refractivity contribution in [2.75, 3.05) is 0 Å². The standard InChI is InChI=1S/C8H12/c1-3-4-8-5-6(8)7(5,8)2/h5-6H,3-4H2,1-2H3/t5-,6+,7?,8?. The molecule has 0 aliphatic heterocycles. The van der Waals surface area contributed by atoms with Crippen LogP contribution in [0, 0.1) is 22.7 Å². The average molecular weight is 108 g/mol. The molecule has 0 aromatic rings. The monoisotopic (exact) mass is 108 g/mol. The molecule has 0 nitrogen and oxygen atoms in total. The van der Waals surface area contributed by atoms with Gasteiger partial charge < -0.3 is 0 Å². The van der Waals surface area contributed by atoms with E-state index in [1.807, 2.05) is 0 Å². The molecule has 0 spiro atoms. The molecule has 0 amide bonds. The van der Waals surface area contributed by atoms with Gasteiger partial charge in [-0.15, -0.1) is 0 Å². The number of hydrogen-bond acceptors (Lipinski definition) is 0. The molecule has 0 bridgehead atoms. The lowest BCUT2D eigenvalue weighted by Gasteiger charge is -1.86. The van der Waals surface area contributed by atoms with Gasteiger partial charge in [-0.25, -0.2) is 0 Å². The summed E-state index contributed by atoms with van der Waals surface area (Å²) in [4.78, 5) is 0. The molecular formula is C8H12. The van der Waals surface area contributed by atoms with E-state index in [4.69, 9.17) is 0 Å². The zero-order valence-corrected chi connectivity index (χ0v) is 5.57. The first-order chi connectivity index (χ1) is 3.80. The van der Waals surface area contributed by atoms with Gasteiger partial charge in [-0.2, -0.15) is 0 Å². The minimum Gasteiger partial charge on any atom is -0.0654 e. The van der Waals surface area contributed by atoms with Gasteiger partial charge in [0.05, 0.1) is 0 Å². The first-order valence-electron chi connectivity index (χ1n) is 3.80. The Balaban J connectivity index is 1.82. The summed E-state index contributed by atoms with van der Waals surface area (Å²) >= 11 is 0. The van der Waals surface area contributed by atoms with Crippen LogP contribution in [0.25, 0.3) is 0 Å². The van der Waals surface area contributed by atoms with Crippen molar-refractivity contribution < 1.29 is 0 Å². The molecule has 4 fully saturated rings. The second-order valence-corrected chi connectivity index (χ2v) is 4.03. The van der Waals surface area contributed by atoms with Crippen LogP contribution in [0.4, 0.5) is 0 Å². The van der Waals surface area contributed by atoms with E-state index in [9.17, 15) is 0 Å².